The molecule has 4 aliphatic rings. The summed E-state index contributed by atoms with van der Waals surface area (Å²) in [4.78, 5) is 14.8. The Hall–Kier alpha value is -2.28. The lowest BCUT2D eigenvalue weighted by molar-refractivity contribution is 0.130. The first-order chi connectivity index (χ1) is 21.4. The first kappa shape index (κ1) is 34.1. The fourth-order valence-electron chi connectivity index (χ4n) is 8.88. The standard InChI is InChI=1S/C38H65N7/c1-27(2)20-33-22-41-36(39)43(33)25-32-14-11-19-42(32)24-34(21-29-12-9-8-10-13-29)44-26-35(28(3)4)45(37(44)40)23-30-15-17-31(18-16-30)38(5,6)7/h8-10,12-13,27-28,30-35,40H,11,14-26H2,1-7H3,(H2,39,41)/t30?,31?,32-,33+,34+,35-/m0/s1. The molecule has 7 nitrogen and oxygen atoms in total. The molecule has 3 N–H and O–H groups in total. The van der Waals surface area contributed by atoms with E-state index in [0.717, 1.165) is 69.9 Å². The van der Waals surface area contributed by atoms with Crippen LogP contribution in [0.5, 0.6) is 0 Å². The van der Waals surface area contributed by atoms with E-state index in [1.54, 1.807) is 0 Å². The molecule has 1 aromatic carbocycles. The third-order valence-corrected chi connectivity index (χ3v) is 11.7. The van der Waals surface area contributed by atoms with Crippen molar-refractivity contribution >= 4 is 11.9 Å². The summed E-state index contributed by atoms with van der Waals surface area (Å²) in [6.07, 6.45) is 9.85. The molecule has 5 rings (SSSR count). The van der Waals surface area contributed by atoms with Gasteiger partial charge in [0, 0.05) is 38.3 Å². The van der Waals surface area contributed by atoms with Crippen LogP contribution in [0.3, 0.4) is 0 Å². The molecule has 3 fully saturated rings. The van der Waals surface area contributed by atoms with Gasteiger partial charge >= 0.3 is 0 Å². The van der Waals surface area contributed by atoms with Crippen molar-refractivity contribution in [3.63, 3.8) is 0 Å². The molecule has 3 aliphatic heterocycles. The Morgan fingerprint density at radius 1 is 0.933 bits per heavy atom. The summed E-state index contributed by atoms with van der Waals surface area (Å²) in [7, 11) is 0. The average Bonchev–Trinajstić information content (AvgIpc) is 3.67. The molecule has 45 heavy (non-hydrogen) atoms. The maximum atomic E-state index is 9.66. The van der Waals surface area contributed by atoms with E-state index in [9.17, 15) is 5.41 Å². The summed E-state index contributed by atoms with van der Waals surface area (Å²) in [6, 6.07) is 12.6. The summed E-state index contributed by atoms with van der Waals surface area (Å²) in [5.41, 5.74) is 8.25. The van der Waals surface area contributed by atoms with Crippen LogP contribution in [0.4, 0.5) is 0 Å². The van der Waals surface area contributed by atoms with Gasteiger partial charge in [0.1, 0.15) is 0 Å². The van der Waals surface area contributed by atoms with Gasteiger partial charge in [-0.2, -0.15) is 0 Å². The van der Waals surface area contributed by atoms with Crippen molar-refractivity contribution in [3.8, 4) is 0 Å². The lowest BCUT2D eigenvalue weighted by Crippen LogP contribution is -2.52. The number of rotatable bonds is 12. The molecule has 0 radical (unpaired) electrons. The predicted octanol–water partition coefficient (Wildman–Crippen LogP) is 6.54. The number of nitrogens with zero attached hydrogens (tertiary/aromatic N) is 5. The molecule has 7 heteroatoms. The molecule has 0 bridgehead atoms. The van der Waals surface area contributed by atoms with E-state index in [1.807, 2.05) is 0 Å². The Morgan fingerprint density at radius 3 is 2.29 bits per heavy atom. The van der Waals surface area contributed by atoms with Gasteiger partial charge in [0.25, 0.3) is 0 Å². The highest BCUT2D eigenvalue weighted by Gasteiger charge is 2.42. The second-order valence-electron chi connectivity index (χ2n) is 16.8. The van der Waals surface area contributed by atoms with E-state index < -0.39 is 0 Å². The largest absolute Gasteiger partial charge is 0.370 e. The number of nitrogens with one attached hydrogen (secondary N) is 1. The minimum Gasteiger partial charge on any atom is -0.370 e. The Labute approximate surface area is 275 Å². The van der Waals surface area contributed by atoms with Gasteiger partial charge in [-0.15, -0.1) is 0 Å². The van der Waals surface area contributed by atoms with Crippen LogP contribution in [0, 0.1) is 34.5 Å². The molecule has 252 valence electrons. The van der Waals surface area contributed by atoms with Crippen molar-refractivity contribution in [2.75, 3.05) is 39.3 Å². The van der Waals surface area contributed by atoms with Crippen molar-refractivity contribution in [2.24, 2.45) is 39.8 Å². The van der Waals surface area contributed by atoms with E-state index in [2.05, 4.69) is 103 Å². The number of hydrogen-bond donors (Lipinski definition) is 2. The normalized spacial score (nSPS) is 29.0. The van der Waals surface area contributed by atoms with E-state index in [-0.39, 0.29) is 6.04 Å². The van der Waals surface area contributed by atoms with Crippen LogP contribution in [-0.2, 0) is 6.42 Å². The SMILES string of the molecule is CC(C)C[C@@H]1CN=C(N)N1C[C@@H]1CCCN1C[C@@H](Cc1ccccc1)N1C[C@@H](C(C)C)N(CC2CCC(C(C)(C)C)CC2)C1=N. The van der Waals surface area contributed by atoms with Crippen LogP contribution in [-0.4, -0.2) is 95.0 Å². The third-order valence-electron chi connectivity index (χ3n) is 11.7. The molecule has 1 aliphatic carbocycles. The van der Waals surface area contributed by atoms with Crippen LogP contribution in [0.2, 0.25) is 0 Å². The van der Waals surface area contributed by atoms with Crippen LogP contribution in [0.25, 0.3) is 0 Å². The molecule has 1 saturated carbocycles. The lowest BCUT2D eigenvalue weighted by atomic mass is 9.70. The summed E-state index contributed by atoms with van der Waals surface area (Å²) < 4.78 is 0. The van der Waals surface area contributed by atoms with Gasteiger partial charge in [-0.3, -0.25) is 15.3 Å². The molecule has 0 amide bonds. The van der Waals surface area contributed by atoms with Crippen molar-refractivity contribution < 1.29 is 0 Å². The fourth-order valence-corrected chi connectivity index (χ4v) is 8.88. The number of nitrogens with two attached hydrogens (primary N) is 1. The minimum absolute atomic E-state index is 0.277. The maximum absolute atomic E-state index is 9.66. The Morgan fingerprint density at radius 2 is 1.64 bits per heavy atom. The molecular weight excluding hydrogens is 554 g/mol. The number of benzene rings is 1. The van der Waals surface area contributed by atoms with Crippen molar-refractivity contribution in [2.45, 2.75) is 124 Å². The van der Waals surface area contributed by atoms with Gasteiger partial charge in [-0.25, -0.2) is 0 Å². The van der Waals surface area contributed by atoms with Crippen LogP contribution >= 0.6 is 0 Å². The highest BCUT2D eigenvalue weighted by Crippen LogP contribution is 2.41. The van der Waals surface area contributed by atoms with Gasteiger partial charge in [0.05, 0.1) is 18.6 Å². The van der Waals surface area contributed by atoms with Crippen molar-refractivity contribution in [1.29, 1.82) is 5.41 Å². The van der Waals surface area contributed by atoms with Gasteiger partial charge < -0.3 is 20.4 Å². The fraction of sp³-hybridized carbons (Fsp3) is 0.789. The molecule has 3 heterocycles. The zero-order chi connectivity index (χ0) is 32.3. The Balaban J connectivity index is 1.31. The van der Waals surface area contributed by atoms with Crippen LogP contribution in [0.15, 0.2) is 35.3 Å². The van der Waals surface area contributed by atoms with E-state index in [4.69, 9.17) is 5.73 Å². The summed E-state index contributed by atoms with van der Waals surface area (Å²) in [5.74, 6) is 4.20. The zero-order valence-corrected chi connectivity index (χ0v) is 29.7. The van der Waals surface area contributed by atoms with Crippen molar-refractivity contribution in [3.05, 3.63) is 35.9 Å². The molecule has 4 atom stereocenters. The van der Waals surface area contributed by atoms with E-state index in [1.165, 1.54) is 44.1 Å². The quantitative estimate of drug-likeness (QED) is 0.278. The first-order valence-electron chi connectivity index (χ1n) is 18.4. The van der Waals surface area contributed by atoms with Gasteiger partial charge in [-0.05, 0) is 92.6 Å². The summed E-state index contributed by atoms with van der Waals surface area (Å²) in [5, 5.41) is 9.66. The second-order valence-corrected chi connectivity index (χ2v) is 16.8. The number of aliphatic imine (C=N–C) groups is 1. The number of likely N-dealkylation sites (tertiary alicyclic amines) is 1. The predicted molar refractivity (Wildman–Crippen MR) is 190 cm³/mol. The smallest absolute Gasteiger partial charge is 0.194 e. The Bertz CT molecular complexity index is 1120. The summed E-state index contributed by atoms with van der Waals surface area (Å²) in [6.45, 7) is 22.5. The van der Waals surface area contributed by atoms with Crippen LogP contribution in [0.1, 0.15) is 99.0 Å². The number of hydrogen-bond acceptors (Lipinski definition) is 5. The molecule has 0 unspecified atom stereocenters. The highest BCUT2D eigenvalue weighted by atomic mass is 15.5. The van der Waals surface area contributed by atoms with Crippen molar-refractivity contribution in [1.82, 2.24) is 19.6 Å². The summed E-state index contributed by atoms with van der Waals surface area (Å²) >= 11 is 0. The zero-order valence-electron chi connectivity index (χ0n) is 29.7. The highest BCUT2D eigenvalue weighted by molar-refractivity contribution is 5.80. The number of guanidine groups is 2. The lowest BCUT2D eigenvalue weighted by Gasteiger charge is -2.40. The monoisotopic (exact) mass is 620 g/mol. The molecule has 0 aromatic heterocycles. The molecule has 2 saturated heterocycles. The van der Waals surface area contributed by atoms with Gasteiger partial charge in [0.15, 0.2) is 11.9 Å². The van der Waals surface area contributed by atoms with Gasteiger partial charge in [-0.1, -0.05) is 78.8 Å². The van der Waals surface area contributed by atoms with E-state index >= 15 is 0 Å². The molecule has 1 aromatic rings. The third kappa shape index (κ3) is 8.36. The minimum atomic E-state index is 0.277. The first-order valence-corrected chi connectivity index (χ1v) is 18.4. The second kappa shape index (κ2) is 14.6. The molecule has 0 spiro atoms. The maximum Gasteiger partial charge on any atom is 0.194 e. The van der Waals surface area contributed by atoms with E-state index in [0.29, 0.717) is 41.3 Å². The Kier molecular flexibility index (Phi) is 11.1. The average molecular weight is 620 g/mol. The van der Waals surface area contributed by atoms with Crippen LogP contribution < -0.4 is 5.73 Å². The topological polar surface area (TPSA) is 75.2 Å². The van der Waals surface area contributed by atoms with Gasteiger partial charge in [0.2, 0.25) is 0 Å². The molecular formula is C38H65N7.